The summed E-state index contributed by atoms with van der Waals surface area (Å²) in [6.07, 6.45) is 4.97. The number of piperidine rings is 1. The van der Waals surface area contributed by atoms with E-state index in [0.717, 1.165) is 27.8 Å². The second-order valence-corrected chi connectivity index (χ2v) is 6.89. The van der Waals surface area contributed by atoms with Crippen molar-refractivity contribution in [2.45, 2.75) is 57.7 Å². The Kier molecular flexibility index (Phi) is 4.16. The minimum absolute atomic E-state index is 0.606. The van der Waals surface area contributed by atoms with Gasteiger partial charge in [0.1, 0.15) is 0 Å². The van der Waals surface area contributed by atoms with Gasteiger partial charge in [-0.2, -0.15) is 0 Å². The molecule has 0 aliphatic carbocycles. The zero-order valence-corrected chi connectivity index (χ0v) is 13.6. The normalized spacial score (nSPS) is 29.0. The average molecular weight is 313 g/mol. The van der Waals surface area contributed by atoms with E-state index in [2.05, 4.69) is 23.2 Å². The molecule has 4 heteroatoms. The van der Waals surface area contributed by atoms with Crippen LogP contribution in [0.3, 0.4) is 0 Å². The van der Waals surface area contributed by atoms with Crippen LogP contribution >= 0.6 is 23.2 Å². The summed E-state index contributed by atoms with van der Waals surface area (Å²) in [6, 6.07) is 5.92. The number of anilines is 1. The monoisotopic (exact) mass is 312 g/mol. The fourth-order valence-electron chi connectivity index (χ4n) is 3.86. The zero-order chi connectivity index (χ0) is 14.3. The Morgan fingerprint density at radius 1 is 1.15 bits per heavy atom. The van der Waals surface area contributed by atoms with Crippen molar-refractivity contribution in [3.05, 3.63) is 27.7 Å². The van der Waals surface area contributed by atoms with Crippen LogP contribution in [0.4, 0.5) is 5.69 Å². The Labute approximate surface area is 131 Å². The molecule has 2 heterocycles. The van der Waals surface area contributed by atoms with Crippen molar-refractivity contribution in [1.82, 2.24) is 5.32 Å². The van der Waals surface area contributed by atoms with E-state index in [1.807, 2.05) is 13.0 Å². The highest BCUT2D eigenvalue weighted by Crippen LogP contribution is 2.43. The van der Waals surface area contributed by atoms with Crippen molar-refractivity contribution < 1.29 is 0 Å². The summed E-state index contributed by atoms with van der Waals surface area (Å²) in [4.78, 5) is 2.53. The summed E-state index contributed by atoms with van der Waals surface area (Å²) >= 11 is 12.8. The standard InChI is InChI=1S/C16H22Cl2N2/c1-3-19-11-7-12-4-5-13(8-11)20(12)16-9-14(17)10(2)6-15(16)18/h6,9,11-13,19H,3-5,7-8H2,1-2H3. The number of aryl methyl sites for hydroxylation is 1. The molecular weight excluding hydrogens is 291 g/mol. The predicted octanol–water partition coefficient (Wildman–Crippen LogP) is 4.41. The molecule has 2 saturated heterocycles. The third kappa shape index (κ3) is 2.54. The molecule has 2 fully saturated rings. The summed E-state index contributed by atoms with van der Waals surface area (Å²) in [5.74, 6) is 0. The van der Waals surface area contributed by atoms with Gasteiger partial charge in [0.25, 0.3) is 0 Å². The van der Waals surface area contributed by atoms with E-state index >= 15 is 0 Å². The molecule has 1 aromatic rings. The number of benzene rings is 1. The molecule has 0 aromatic heterocycles. The van der Waals surface area contributed by atoms with Gasteiger partial charge in [-0.15, -0.1) is 0 Å². The third-order valence-corrected chi connectivity index (χ3v) is 5.44. The molecule has 110 valence electrons. The Morgan fingerprint density at radius 2 is 1.80 bits per heavy atom. The first-order valence-electron chi connectivity index (χ1n) is 7.57. The molecule has 1 N–H and O–H groups in total. The van der Waals surface area contributed by atoms with E-state index in [4.69, 9.17) is 23.2 Å². The Hall–Kier alpha value is -0.440. The van der Waals surface area contributed by atoms with Gasteiger partial charge in [0.05, 0.1) is 10.7 Å². The van der Waals surface area contributed by atoms with Crippen LogP contribution < -0.4 is 10.2 Å². The molecule has 2 aliphatic rings. The maximum Gasteiger partial charge on any atom is 0.0643 e. The highest BCUT2D eigenvalue weighted by molar-refractivity contribution is 6.35. The molecule has 20 heavy (non-hydrogen) atoms. The summed E-state index contributed by atoms with van der Waals surface area (Å²) in [5, 5.41) is 5.26. The van der Waals surface area contributed by atoms with E-state index in [-0.39, 0.29) is 0 Å². The average Bonchev–Trinajstić information content (AvgIpc) is 2.66. The first-order chi connectivity index (χ1) is 9.60. The predicted molar refractivity (Wildman–Crippen MR) is 87.2 cm³/mol. The number of fused-ring (bicyclic) bond motifs is 2. The smallest absolute Gasteiger partial charge is 0.0643 e. The molecule has 0 saturated carbocycles. The van der Waals surface area contributed by atoms with Crippen LogP contribution in [0.15, 0.2) is 12.1 Å². The molecule has 0 radical (unpaired) electrons. The van der Waals surface area contributed by atoms with Crippen molar-refractivity contribution in [1.29, 1.82) is 0 Å². The minimum Gasteiger partial charge on any atom is -0.364 e. The number of hydrogen-bond donors (Lipinski definition) is 1. The van der Waals surface area contributed by atoms with Gasteiger partial charge in [-0.05, 0) is 56.8 Å². The SMILES string of the molecule is CCNC1CC2CCC(C1)N2c1cc(Cl)c(C)cc1Cl. The summed E-state index contributed by atoms with van der Waals surface area (Å²) in [7, 11) is 0. The lowest BCUT2D eigenvalue weighted by Crippen LogP contribution is -2.49. The van der Waals surface area contributed by atoms with Gasteiger partial charge in [-0.25, -0.2) is 0 Å². The van der Waals surface area contributed by atoms with E-state index in [1.165, 1.54) is 25.7 Å². The van der Waals surface area contributed by atoms with Gasteiger partial charge >= 0.3 is 0 Å². The number of hydrogen-bond acceptors (Lipinski definition) is 2. The van der Waals surface area contributed by atoms with E-state index in [1.54, 1.807) is 0 Å². The largest absolute Gasteiger partial charge is 0.364 e. The first kappa shape index (κ1) is 14.5. The van der Waals surface area contributed by atoms with Crippen LogP contribution in [0.2, 0.25) is 10.0 Å². The highest BCUT2D eigenvalue weighted by atomic mass is 35.5. The summed E-state index contributed by atoms with van der Waals surface area (Å²) in [5.41, 5.74) is 2.18. The van der Waals surface area contributed by atoms with Gasteiger partial charge in [-0.1, -0.05) is 30.1 Å². The van der Waals surface area contributed by atoms with Gasteiger partial charge in [0.15, 0.2) is 0 Å². The van der Waals surface area contributed by atoms with E-state index < -0.39 is 0 Å². The molecule has 2 atom stereocenters. The van der Waals surface area contributed by atoms with Crippen molar-refractivity contribution in [2.24, 2.45) is 0 Å². The molecule has 2 bridgehead atoms. The van der Waals surface area contributed by atoms with E-state index in [9.17, 15) is 0 Å². The summed E-state index contributed by atoms with van der Waals surface area (Å²) in [6.45, 7) is 5.25. The maximum absolute atomic E-state index is 6.47. The van der Waals surface area contributed by atoms with Crippen molar-refractivity contribution in [3.8, 4) is 0 Å². The highest BCUT2D eigenvalue weighted by Gasteiger charge is 2.41. The van der Waals surface area contributed by atoms with Crippen molar-refractivity contribution >= 4 is 28.9 Å². The lowest BCUT2D eigenvalue weighted by Gasteiger charge is -2.41. The summed E-state index contributed by atoms with van der Waals surface area (Å²) < 4.78 is 0. The second-order valence-electron chi connectivity index (χ2n) is 6.07. The quantitative estimate of drug-likeness (QED) is 0.889. The zero-order valence-electron chi connectivity index (χ0n) is 12.1. The van der Waals surface area contributed by atoms with Crippen LogP contribution in [-0.4, -0.2) is 24.7 Å². The molecule has 0 spiro atoms. The van der Waals surface area contributed by atoms with Crippen LogP contribution in [0.1, 0.15) is 38.2 Å². The fraction of sp³-hybridized carbons (Fsp3) is 0.625. The first-order valence-corrected chi connectivity index (χ1v) is 8.33. The molecule has 2 unspecified atom stereocenters. The minimum atomic E-state index is 0.606. The molecule has 3 rings (SSSR count). The number of nitrogens with one attached hydrogen (secondary N) is 1. The topological polar surface area (TPSA) is 15.3 Å². The Balaban J connectivity index is 1.87. The van der Waals surface area contributed by atoms with Gasteiger partial charge in [0.2, 0.25) is 0 Å². The maximum atomic E-state index is 6.47. The van der Waals surface area contributed by atoms with Crippen molar-refractivity contribution in [3.63, 3.8) is 0 Å². The number of halogens is 2. The van der Waals surface area contributed by atoms with Gasteiger partial charge in [0, 0.05) is 23.1 Å². The molecular formula is C16H22Cl2N2. The molecule has 2 nitrogen and oxygen atoms in total. The van der Waals surface area contributed by atoms with Gasteiger partial charge < -0.3 is 10.2 Å². The van der Waals surface area contributed by atoms with Crippen LogP contribution in [0, 0.1) is 6.92 Å². The van der Waals surface area contributed by atoms with Gasteiger partial charge in [-0.3, -0.25) is 0 Å². The lowest BCUT2D eigenvalue weighted by molar-refractivity contribution is 0.361. The second kappa shape index (κ2) is 5.75. The van der Waals surface area contributed by atoms with E-state index in [0.29, 0.717) is 18.1 Å². The van der Waals surface area contributed by atoms with Crippen molar-refractivity contribution in [2.75, 3.05) is 11.4 Å². The number of nitrogens with zero attached hydrogens (tertiary/aromatic N) is 1. The number of rotatable bonds is 3. The molecule has 1 aromatic carbocycles. The van der Waals surface area contributed by atoms with Crippen LogP contribution in [0.5, 0.6) is 0 Å². The molecule has 0 amide bonds. The Bertz CT molecular complexity index is 489. The van der Waals surface area contributed by atoms with Crippen LogP contribution in [0.25, 0.3) is 0 Å². The molecule has 2 aliphatic heterocycles. The van der Waals surface area contributed by atoms with Crippen LogP contribution in [-0.2, 0) is 0 Å². The lowest BCUT2D eigenvalue weighted by atomic mass is 9.96. The fourth-order valence-corrected chi connectivity index (χ4v) is 4.33. The Morgan fingerprint density at radius 3 is 2.40 bits per heavy atom. The third-order valence-electron chi connectivity index (χ3n) is 4.73.